The molecule has 21 heavy (non-hydrogen) atoms. The summed E-state index contributed by atoms with van der Waals surface area (Å²) in [7, 11) is 0. The minimum Gasteiger partial charge on any atom is -0.444 e. The van der Waals surface area contributed by atoms with Gasteiger partial charge in [0.2, 0.25) is 11.8 Å². The van der Waals surface area contributed by atoms with Gasteiger partial charge in [-0.05, 0) is 27.7 Å². The van der Waals surface area contributed by atoms with Gasteiger partial charge in [-0.2, -0.15) is 0 Å². The average molecular weight is 322 g/mol. The second-order valence-electron chi connectivity index (χ2n) is 5.44. The smallest absolute Gasteiger partial charge is 0.407 e. The van der Waals surface area contributed by atoms with E-state index in [9.17, 15) is 14.4 Å². The Morgan fingerprint density at radius 2 is 1.62 bits per heavy atom. The summed E-state index contributed by atoms with van der Waals surface area (Å²) in [5, 5.41) is 7.06. The topological polar surface area (TPSA) is 96.5 Å². The molecule has 0 bridgehead atoms. The van der Waals surface area contributed by atoms with E-state index in [0.29, 0.717) is 13.1 Å². The SMILES string of the molecule is CC(Cl)C(=O)NCCNC(=O)CCNC(=O)OC(C)(C)C. The number of ether oxygens (including phenoxy) is 1. The predicted molar refractivity (Wildman–Crippen MR) is 80.2 cm³/mol. The summed E-state index contributed by atoms with van der Waals surface area (Å²) in [6.45, 7) is 7.64. The maximum Gasteiger partial charge on any atom is 0.407 e. The quantitative estimate of drug-likeness (QED) is 0.476. The molecule has 0 aromatic heterocycles. The lowest BCUT2D eigenvalue weighted by Crippen LogP contribution is -2.38. The van der Waals surface area contributed by atoms with Crippen molar-refractivity contribution in [3.05, 3.63) is 0 Å². The Bertz CT molecular complexity index is 367. The Morgan fingerprint density at radius 1 is 1.05 bits per heavy atom. The van der Waals surface area contributed by atoms with Crippen LogP contribution in [0.2, 0.25) is 0 Å². The van der Waals surface area contributed by atoms with Gasteiger partial charge >= 0.3 is 6.09 Å². The highest BCUT2D eigenvalue weighted by atomic mass is 35.5. The van der Waals surface area contributed by atoms with Crippen LogP contribution in [0.15, 0.2) is 0 Å². The summed E-state index contributed by atoms with van der Waals surface area (Å²) < 4.78 is 5.03. The van der Waals surface area contributed by atoms with Crippen LogP contribution in [-0.2, 0) is 14.3 Å². The number of rotatable bonds is 7. The summed E-state index contributed by atoms with van der Waals surface area (Å²) in [6.07, 6.45) is -0.419. The zero-order valence-corrected chi connectivity index (χ0v) is 13.7. The number of hydrogen-bond acceptors (Lipinski definition) is 4. The van der Waals surface area contributed by atoms with E-state index in [0.717, 1.165) is 0 Å². The molecule has 8 heteroatoms. The molecule has 3 N–H and O–H groups in total. The fraction of sp³-hybridized carbons (Fsp3) is 0.769. The van der Waals surface area contributed by atoms with Crippen molar-refractivity contribution in [2.75, 3.05) is 19.6 Å². The molecule has 0 aliphatic heterocycles. The van der Waals surface area contributed by atoms with Crippen LogP contribution in [0.1, 0.15) is 34.1 Å². The highest BCUT2D eigenvalue weighted by molar-refractivity contribution is 6.30. The molecular weight excluding hydrogens is 298 g/mol. The summed E-state index contributed by atoms with van der Waals surface area (Å²) in [4.78, 5) is 33.9. The zero-order chi connectivity index (χ0) is 16.5. The van der Waals surface area contributed by atoms with E-state index in [-0.39, 0.29) is 24.8 Å². The second-order valence-corrected chi connectivity index (χ2v) is 6.09. The number of alkyl carbamates (subject to hydrolysis) is 1. The van der Waals surface area contributed by atoms with Crippen LogP contribution >= 0.6 is 11.6 Å². The fourth-order valence-corrected chi connectivity index (χ4v) is 1.29. The summed E-state index contributed by atoms with van der Waals surface area (Å²) in [5.41, 5.74) is -0.565. The number of alkyl halides is 1. The molecule has 1 atom stereocenters. The molecule has 7 nitrogen and oxygen atoms in total. The summed E-state index contributed by atoms with van der Waals surface area (Å²) in [6, 6.07) is 0. The monoisotopic (exact) mass is 321 g/mol. The van der Waals surface area contributed by atoms with Crippen LogP contribution in [0.3, 0.4) is 0 Å². The first kappa shape index (κ1) is 19.5. The number of amides is 3. The number of halogens is 1. The number of hydrogen-bond donors (Lipinski definition) is 3. The van der Waals surface area contributed by atoms with Crippen molar-refractivity contribution >= 4 is 29.5 Å². The third kappa shape index (κ3) is 12.0. The van der Waals surface area contributed by atoms with Crippen molar-refractivity contribution in [2.45, 2.75) is 45.1 Å². The van der Waals surface area contributed by atoms with Crippen molar-refractivity contribution < 1.29 is 19.1 Å². The molecule has 0 aromatic carbocycles. The number of nitrogens with one attached hydrogen (secondary N) is 3. The molecule has 0 saturated carbocycles. The molecule has 0 heterocycles. The maximum atomic E-state index is 11.4. The highest BCUT2D eigenvalue weighted by Gasteiger charge is 2.15. The molecule has 1 unspecified atom stereocenters. The first-order chi connectivity index (χ1) is 9.61. The standard InChI is InChI=1S/C13H24ClN3O4/c1-9(14)11(19)16-8-7-15-10(18)5-6-17-12(20)21-13(2,3)4/h9H,5-8H2,1-4H3,(H,15,18)(H,16,19)(H,17,20). The number of carbonyl (C=O) groups is 3. The van der Waals surface area contributed by atoms with Gasteiger partial charge in [0, 0.05) is 26.1 Å². The largest absolute Gasteiger partial charge is 0.444 e. The molecule has 0 aromatic rings. The summed E-state index contributed by atoms with van der Waals surface area (Å²) in [5.74, 6) is -0.503. The van der Waals surface area contributed by atoms with Crippen LogP contribution < -0.4 is 16.0 Å². The van der Waals surface area contributed by atoms with Gasteiger partial charge in [0.15, 0.2) is 0 Å². The van der Waals surface area contributed by atoms with Crippen LogP contribution in [-0.4, -0.2) is 48.5 Å². The lowest BCUT2D eigenvalue weighted by Gasteiger charge is -2.19. The van der Waals surface area contributed by atoms with E-state index in [1.165, 1.54) is 0 Å². The lowest BCUT2D eigenvalue weighted by molar-refractivity contribution is -0.122. The van der Waals surface area contributed by atoms with Crippen molar-refractivity contribution in [1.29, 1.82) is 0 Å². The Hall–Kier alpha value is -1.50. The Labute approximate surface area is 130 Å². The van der Waals surface area contributed by atoms with E-state index >= 15 is 0 Å². The van der Waals surface area contributed by atoms with Crippen LogP contribution in [0, 0.1) is 0 Å². The van der Waals surface area contributed by atoms with Crippen molar-refractivity contribution in [3.63, 3.8) is 0 Å². The molecule has 0 aliphatic carbocycles. The Kier molecular flexibility index (Phi) is 8.76. The van der Waals surface area contributed by atoms with Crippen LogP contribution in [0.5, 0.6) is 0 Å². The predicted octanol–water partition coefficient (Wildman–Crippen LogP) is 0.761. The first-order valence-corrected chi connectivity index (χ1v) is 7.21. The molecule has 3 amide bonds. The van der Waals surface area contributed by atoms with E-state index < -0.39 is 17.1 Å². The van der Waals surface area contributed by atoms with Gasteiger partial charge in [-0.25, -0.2) is 4.79 Å². The van der Waals surface area contributed by atoms with Gasteiger partial charge in [-0.1, -0.05) is 0 Å². The minimum absolute atomic E-state index is 0.138. The molecule has 0 spiro atoms. The first-order valence-electron chi connectivity index (χ1n) is 6.77. The fourth-order valence-electron chi connectivity index (χ4n) is 1.21. The molecule has 122 valence electrons. The lowest BCUT2D eigenvalue weighted by atomic mass is 10.2. The molecule has 0 fully saturated rings. The second kappa shape index (κ2) is 9.44. The Balaban J connectivity index is 3.64. The van der Waals surface area contributed by atoms with Crippen molar-refractivity contribution in [3.8, 4) is 0 Å². The van der Waals surface area contributed by atoms with E-state index in [2.05, 4.69) is 16.0 Å². The van der Waals surface area contributed by atoms with Crippen LogP contribution in [0.4, 0.5) is 4.79 Å². The van der Waals surface area contributed by atoms with Gasteiger partial charge in [0.05, 0.1) is 0 Å². The van der Waals surface area contributed by atoms with Gasteiger partial charge in [0.1, 0.15) is 11.0 Å². The van der Waals surface area contributed by atoms with Crippen LogP contribution in [0.25, 0.3) is 0 Å². The molecule has 0 saturated heterocycles. The maximum absolute atomic E-state index is 11.4. The van der Waals surface area contributed by atoms with Gasteiger partial charge in [-0.15, -0.1) is 11.6 Å². The highest BCUT2D eigenvalue weighted by Crippen LogP contribution is 2.06. The van der Waals surface area contributed by atoms with Crippen molar-refractivity contribution in [2.24, 2.45) is 0 Å². The Morgan fingerprint density at radius 3 is 2.14 bits per heavy atom. The van der Waals surface area contributed by atoms with Gasteiger partial charge < -0.3 is 20.7 Å². The molecule has 0 rings (SSSR count). The average Bonchev–Trinajstić information content (AvgIpc) is 2.31. The number of carbonyl (C=O) groups excluding carboxylic acids is 3. The van der Waals surface area contributed by atoms with Gasteiger partial charge in [-0.3, -0.25) is 9.59 Å². The van der Waals surface area contributed by atoms with E-state index in [4.69, 9.17) is 16.3 Å². The van der Waals surface area contributed by atoms with Gasteiger partial charge in [0.25, 0.3) is 0 Å². The molecule has 0 aliphatic rings. The molecule has 0 radical (unpaired) electrons. The van der Waals surface area contributed by atoms with E-state index in [1.54, 1.807) is 27.7 Å². The zero-order valence-electron chi connectivity index (χ0n) is 12.9. The van der Waals surface area contributed by atoms with E-state index in [1.807, 2.05) is 0 Å². The van der Waals surface area contributed by atoms with Crippen molar-refractivity contribution in [1.82, 2.24) is 16.0 Å². The summed E-state index contributed by atoms with van der Waals surface area (Å²) >= 11 is 5.56. The normalized spacial score (nSPS) is 12.2. The minimum atomic E-state index is -0.598. The third-order valence-electron chi connectivity index (χ3n) is 2.13. The molecular formula is C13H24ClN3O4. The third-order valence-corrected chi connectivity index (χ3v) is 2.33.